The Bertz CT molecular complexity index is 1140. The second-order valence-corrected chi connectivity index (χ2v) is 12.0. The first-order chi connectivity index (χ1) is 14.8. The number of benzene rings is 1. The van der Waals surface area contributed by atoms with E-state index in [4.69, 9.17) is 4.98 Å². The van der Waals surface area contributed by atoms with Crippen LogP contribution in [0.5, 0.6) is 0 Å². The van der Waals surface area contributed by atoms with E-state index < -0.39 is 0 Å². The minimum Gasteiger partial charge on any atom is -0.268 e. The van der Waals surface area contributed by atoms with E-state index in [1.165, 1.54) is 23.3 Å². The number of hydrogen-bond acceptors (Lipinski definition) is 4. The highest BCUT2D eigenvalue weighted by atomic mass is 32.2. The zero-order valence-electron chi connectivity index (χ0n) is 19.5. The second kappa shape index (κ2) is 9.11. The average Bonchev–Trinajstić information content (AvgIpc) is 3.09. The predicted molar refractivity (Wildman–Crippen MR) is 135 cm³/mol. The highest BCUT2D eigenvalue weighted by molar-refractivity contribution is 7.99. The molecule has 0 radical (unpaired) electrons. The molecule has 2 heterocycles. The van der Waals surface area contributed by atoms with Gasteiger partial charge in [-0.1, -0.05) is 70.5 Å². The van der Waals surface area contributed by atoms with Gasteiger partial charge in [0, 0.05) is 10.6 Å². The SMILES string of the molecule is CCCCCSc1nc2sc3c(c2c(=O)n1-c1ccccc1C)CC[C@@H](C(C)(C)C)C3. The lowest BCUT2D eigenvalue weighted by Gasteiger charge is -2.33. The minimum atomic E-state index is 0.115. The van der Waals surface area contributed by atoms with Crippen molar-refractivity contribution in [3.8, 4) is 5.69 Å². The smallest absolute Gasteiger partial charge is 0.267 e. The van der Waals surface area contributed by atoms with E-state index in [-0.39, 0.29) is 5.56 Å². The fourth-order valence-electron chi connectivity index (χ4n) is 4.58. The highest BCUT2D eigenvalue weighted by Crippen LogP contribution is 2.42. The van der Waals surface area contributed by atoms with Gasteiger partial charge in [-0.25, -0.2) is 4.98 Å². The Morgan fingerprint density at radius 1 is 1.23 bits per heavy atom. The van der Waals surface area contributed by atoms with E-state index in [9.17, 15) is 4.79 Å². The number of fused-ring (bicyclic) bond motifs is 3. The number of thioether (sulfide) groups is 1. The first kappa shape index (κ1) is 22.6. The summed E-state index contributed by atoms with van der Waals surface area (Å²) in [6, 6.07) is 8.17. The van der Waals surface area contributed by atoms with Gasteiger partial charge in [-0.3, -0.25) is 9.36 Å². The molecule has 3 nitrogen and oxygen atoms in total. The molecule has 1 atom stereocenters. The quantitative estimate of drug-likeness (QED) is 0.225. The third-order valence-electron chi connectivity index (χ3n) is 6.61. The van der Waals surface area contributed by atoms with Gasteiger partial charge in [0.05, 0.1) is 11.1 Å². The van der Waals surface area contributed by atoms with Crippen LogP contribution in [-0.2, 0) is 12.8 Å². The minimum absolute atomic E-state index is 0.115. The van der Waals surface area contributed by atoms with Gasteiger partial charge in [0.2, 0.25) is 0 Å². The summed E-state index contributed by atoms with van der Waals surface area (Å²) in [5.41, 5.74) is 3.75. The first-order valence-electron chi connectivity index (χ1n) is 11.6. The Kier molecular flexibility index (Phi) is 6.64. The summed E-state index contributed by atoms with van der Waals surface area (Å²) in [7, 11) is 0. The first-order valence-corrected chi connectivity index (χ1v) is 13.4. The monoisotopic (exact) mass is 454 g/mol. The van der Waals surface area contributed by atoms with E-state index in [1.807, 2.05) is 16.7 Å². The molecule has 1 aliphatic rings. The molecule has 166 valence electrons. The number of hydrogen-bond donors (Lipinski definition) is 0. The maximum absolute atomic E-state index is 13.9. The number of thiophene rings is 1. The van der Waals surface area contributed by atoms with Crippen molar-refractivity contribution in [2.24, 2.45) is 11.3 Å². The number of para-hydroxylation sites is 1. The third kappa shape index (κ3) is 4.49. The lowest BCUT2D eigenvalue weighted by molar-refractivity contribution is 0.218. The molecule has 0 unspecified atom stereocenters. The van der Waals surface area contributed by atoms with Crippen molar-refractivity contribution in [3.05, 3.63) is 50.6 Å². The van der Waals surface area contributed by atoms with Crippen molar-refractivity contribution in [2.45, 2.75) is 78.3 Å². The lowest BCUT2D eigenvalue weighted by Crippen LogP contribution is -2.27. The van der Waals surface area contributed by atoms with E-state index >= 15 is 0 Å². The molecule has 4 rings (SSSR count). The molecule has 3 aromatic rings. The van der Waals surface area contributed by atoms with Crippen LogP contribution >= 0.6 is 23.1 Å². The van der Waals surface area contributed by atoms with Crippen molar-refractivity contribution in [3.63, 3.8) is 0 Å². The van der Waals surface area contributed by atoms with Gasteiger partial charge in [0.1, 0.15) is 4.83 Å². The maximum Gasteiger partial charge on any atom is 0.267 e. The van der Waals surface area contributed by atoms with Gasteiger partial charge in [0.15, 0.2) is 5.16 Å². The van der Waals surface area contributed by atoms with Gasteiger partial charge in [-0.2, -0.15) is 0 Å². The van der Waals surface area contributed by atoms with Crippen molar-refractivity contribution < 1.29 is 0 Å². The van der Waals surface area contributed by atoms with Crippen molar-refractivity contribution in [1.29, 1.82) is 0 Å². The zero-order chi connectivity index (χ0) is 22.2. The van der Waals surface area contributed by atoms with Gasteiger partial charge >= 0.3 is 0 Å². The van der Waals surface area contributed by atoms with Gasteiger partial charge < -0.3 is 0 Å². The molecule has 0 N–H and O–H groups in total. The Morgan fingerprint density at radius 2 is 2.00 bits per heavy atom. The number of rotatable bonds is 6. The molecule has 1 aromatic carbocycles. The van der Waals surface area contributed by atoms with Crippen LogP contribution in [0.15, 0.2) is 34.2 Å². The van der Waals surface area contributed by atoms with Gasteiger partial charge in [-0.15, -0.1) is 11.3 Å². The Labute approximate surface area is 194 Å². The fraction of sp³-hybridized carbons (Fsp3) is 0.538. The molecule has 0 saturated heterocycles. The average molecular weight is 455 g/mol. The third-order valence-corrected chi connectivity index (χ3v) is 8.79. The number of aryl methyl sites for hydroxylation is 2. The Morgan fingerprint density at radius 3 is 2.71 bits per heavy atom. The molecule has 2 aromatic heterocycles. The summed E-state index contributed by atoms with van der Waals surface area (Å²) in [6.07, 6.45) is 6.78. The summed E-state index contributed by atoms with van der Waals surface area (Å²) < 4.78 is 1.89. The predicted octanol–water partition coefficient (Wildman–Crippen LogP) is 7.19. The topological polar surface area (TPSA) is 34.9 Å². The standard InChI is InChI=1S/C26H34N2OS2/c1-6-7-10-15-30-25-27-23-22(24(29)28(25)20-12-9-8-11-17(20)2)19-14-13-18(26(3,4)5)16-21(19)31-23/h8-9,11-12,18H,6-7,10,13-16H2,1-5H3/t18-/m1/s1. The number of unbranched alkanes of at least 4 members (excludes halogenated alkanes) is 2. The van der Waals surface area contributed by atoms with Crippen LogP contribution in [-0.4, -0.2) is 15.3 Å². The van der Waals surface area contributed by atoms with Crippen LogP contribution in [0.3, 0.4) is 0 Å². The van der Waals surface area contributed by atoms with Gasteiger partial charge in [-0.05, 0) is 61.1 Å². The molecule has 0 amide bonds. The molecular weight excluding hydrogens is 420 g/mol. The van der Waals surface area contributed by atoms with Crippen LogP contribution in [0, 0.1) is 18.3 Å². The van der Waals surface area contributed by atoms with Crippen LogP contribution in [0.1, 0.15) is 69.4 Å². The molecule has 1 aliphatic carbocycles. The molecule has 5 heteroatoms. The summed E-state index contributed by atoms with van der Waals surface area (Å²) >= 11 is 3.49. The molecule has 0 spiro atoms. The summed E-state index contributed by atoms with van der Waals surface area (Å²) in [6.45, 7) is 11.3. The number of aromatic nitrogens is 2. The zero-order valence-corrected chi connectivity index (χ0v) is 21.1. The summed E-state index contributed by atoms with van der Waals surface area (Å²) in [5.74, 6) is 1.66. The van der Waals surface area contributed by atoms with Crippen LogP contribution in [0.25, 0.3) is 15.9 Å². The van der Waals surface area contributed by atoms with Crippen LogP contribution in [0.2, 0.25) is 0 Å². The van der Waals surface area contributed by atoms with Crippen molar-refractivity contribution in [2.75, 3.05) is 5.75 Å². The summed E-state index contributed by atoms with van der Waals surface area (Å²) in [5, 5.41) is 1.71. The van der Waals surface area contributed by atoms with E-state index in [0.717, 1.165) is 58.1 Å². The van der Waals surface area contributed by atoms with Crippen LogP contribution < -0.4 is 5.56 Å². The van der Waals surface area contributed by atoms with E-state index in [2.05, 4.69) is 46.8 Å². The van der Waals surface area contributed by atoms with E-state index in [0.29, 0.717) is 11.3 Å². The van der Waals surface area contributed by atoms with Crippen molar-refractivity contribution in [1.82, 2.24) is 9.55 Å². The molecular formula is C26H34N2OS2. The highest BCUT2D eigenvalue weighted by Gasteiger charge is 2.32. The Balaban J connectivity index is 1.85. The number of nitrogens with zero attached hydrogens (tertiary/aromatic N) is 2. The maximum atomic E-state index is 13.9. The fourth-order valence-corrected chi connectivity index (χ4v) is 6.93. The molecule has 31 heavy (non-hydrogen) atoms. The molecule has 0 saturated carbocycles. The summed E-state index contributed by atoms with van der Waals surface area (Å²) in [4.78, 5) is 21.3. The molecule has 0 fully saturated rings. The van der Waals surface area contributed by atoms with Gasteiger partial charge in [0.25, 0.3) is 5.56 Å². The van der Waals surface area contributed by atoms with Crippen molar-refractivity contribution >= 4 is 33.3 Å². The van der Waals surface area contributed by atoms with Crippen LogP contribution in [0.4, 0.5) is 0 Å². The Hall–Kier alpha value is -1.59. The normalized spacial score (nSPS) is 16.6. The van der Waals surface area contributed by atoms with E-state index in [1.54, 1.807) is 23.1 Å². The second-order valence-electron chi connectivity index (χ2n) is 9.87. The largest absolute Gasteiger partial charge is 0.268 e. The molecule has 0 aliphatic heterocycles. The molecule has 0 bridgehead atoms. The lowest BCUT2D eigenvalue weighted by atomic mass is 9.72.